The molecular weight excluding hydrogens is 799 g/mol. The fourth-order valence-electron chi connectivity index (χ4n) is 13.1. The molecule has 1 atom stereocenters. The molecule has 1 unspecified atom stereocenters. The molecule has 2 aromatic heterocycles. The Labute approximate surface area is 385 Å². The zero-order valence-corrected chi connectivity index (χ0v) is 38.2. The molecule has 3 nitrogen and oxygen atoms in total. The molecule has 1 aliphatic heterocycles. The van der Waals surface area contributed by atoms with E-state index in [1.54, 1.807) is 0 Å². The third kappa shape index (κ3) is 4.62. The Kier molecular flexibility index (Phi) is 7.32. The first-order chi connectivity index (χ1) is 32.1. The van der Waals surface area contributed by atoms with Gasteiger partial charge in [-0.2, -0.15) is 0 Å². The summed E-state index contributed by atoms with van der Waals surface area (Å²) < 4.78 is 4.95. The highest BCUT2D eigenvalue weighted by Gasteiger charge is 2.55. The Hall–Kier alpha value is -7.62. The molecule has 11 aromatic rings. The molecule has 66 heavy (non-hydrogen) atoms. The van der Waals surface area contributed by atoms with Gasteiger partial charge in [0.15, 0.2) is 0 Å². The van der Waals surface area contributed by atoms with Crippen molar-refractivity contribution in [1.29, 1.82) is 0 Å². The topological polar surface area (TPSA) is 13.1 Å². The van der Waals surface area contributed by atoms with Crippen molar-refractivity contribution in [2.45, 2.75) is 57.8 Å². The van der Waals surface area contributed by atoms with Crippen LogP contribution in [0.5, 0.6) is 0 Å². The van der Waals surface area contributed by atoms with Crippen molar-refractivity contribution in [1.82, 2.24) is 9.13 Å². The summed E-state index contributed by atoms with van der Waals surface area (Å²) in [6, 6.07) is 70.8. The van der Waals surface area contributed by atoms with Gasteiger partial charge in [-0.25, -0.2) is 0 Å². The van der Waals surface area contributed by atoms with E-state index < -0.39 is 5.41 Å². The molecule has 316 valence electrons. The van der Waals surface area contributed by atoms with Crippen molar-refractivity contribution in [3.8, 4) is 33.6 Å². The van der Waals surface area contributed by atoms with Crippen LogP contribution in [-0.2, 0) is 16.2 Å². The fourth-order valence-corrected chi connectivity index (χ4v) is 13.1. The SMILES string of the molecule is CC(C)(C)c1c2c(c3c4c1-c1ccccc1C4(C)c1ccc(-n4c5ccccc5c5ccccc54)cc1N3c1ccc3c4ccccc4n(-c4ccccc4)c3c1)C(C)(C)c1ccccc1-2. The van der Waals surface area contributed by atoms with Crippen molar-refractivity contribution >= 4 is 60.7 Å². The van der Waals surface area contributed by atoms with Crippen LogP contribution in [-0.4, -0.2) is 9.13 Å². The number of benzene rings is 9. The smallest absolute Gasteiger partial charge is 0.0561 e. The quantitative estimate of drug-likeness (QED) is 0.173. The molecule has 0 radical (unpaired) electrons. The second-order valence-electron chi connectivity index (χ2n) is 20.6. The molecule has 0 spiro atoms. The van der Waals surface area contributed by atoms with E-state index in [1.807, 2.05) is 0 Å². The number of para-hydroxylation sites is 4. The molecule has 0 bridgehead atoms. The summed E-state index contributed by atoms with van der Waals surface area (Å²) in [6.07, 6.45) is 0. The van der Waals surface area contributed by atoms with Crippen LogP contribution in [0, 0.1) is 0 Å². The summed E-state index contributed by atoms with van der Waals surface area (Å²) in [4.78, 5) is 2.70. The minimum atomic E-state index is -0.435. The van der Waals surface area contributed by atoms with Crippen LogP contribution >= 0.6 is 0 Å². The van der Waals surface area contributed by atoms with Crippen LogP contribution < -0.4 is 4.90 Å². The number of nitrogens with zero attached hydrogens (tertiary/aromatic N) is 3. The molecule has 0 saturated heterocycles. The van der Waals surface area contributed by atoms with Crippen LogP contribution in [0.25, 0.3) is 77.2 Å². The molecule has 3 heteroatoms. The van der Waals surface area contributed by atoms with Crippen molar-refractivity contribution in [3.05, 3.63) is 221 Å². The predicted octanol–water partition coefficient (Wildman–Crippen LogP) is 16.6. The minimum Gasteiger partial charge on any atom is -0.309 e. The van der Waals surface area contributed by atoms with E-state index in [1.165, 1.54) is 111 Å². The van der Waals surface area contributed by atoms with Gasteiger partial charge in [-0.3, -0.25) is 0 Å². The molecule has 0 N–H and O–H groups in total. The zero-order chi connectivity index (χ0) is 44.4. The Morgan fingerprint density at radius 3 is 1.53 bits per heavy atom. The summed E-state index contributed by atoms with van der Waals surface area (Å²) in [7, 11) is 0. The molecule has 14 rings (SSSR count). The maximum Gasteiger partial charge on any atom is 0.0561 e. The van der Waals surface area contributed by atoms with Crippen LogP contribution in [0.2, 0.25) is 0 Å². The highest BCUT2D eigenvalue weighted by Crippen LogP contribution is 2.70. The number of hydrogen-bond acceptors (Lipinski definition) is 1. The number of fused-ring (bicyclic) bond motifs is 15. The highest BCUT2D eigenvalue weighted by atomic mass is 15.2. The van der Waals surface area contributed by atoms with Crippen molar-refractivity contribution in [3.63, 3.8) is 0 Å². The molecule has 0 fully saturated rings. The second kappa shape index (κ2) is 12.8. The van der Waals surface area contributed by atoms with Gasteiger partial charge in [-0.05, 0) is 123 Å². The zero-order valence-electron chi connectivity index (χ0n) is 38.2. The molecule has 9 aromatic carbocycles. The summed E-state index contributed by atoms with van der Waals surface area (Å²) in [5.41, 5.74) is 23.9. The standard InChI is InChI=1S/C63H49N3/c1-61(2,3)57-55-45-25-10-15-27-47(45)62(4,5)58(55)60-59-56(57)46-26-11-16-28-48(46)63(59,6)49-35-33-39(65-51-30-18-12-22-41(51)42-23-13-19-31-52(42)65)37-54(49)66(60)40-32-34-44-43-24-14-17-29-50(43)64(53(44)36-40)38-20-8-7-9-21-38/h7-37H,1-6H3. The molecule has 0 amide bonds. The van der Waals surface area contributed by atoms with Crippen LogP contribution in [0.15, 0.2) is 188 Å². The van der Waals surface area contributed by atoms with E-state index >= 15 is 0 Å². The molecule has 0 saturated carbocycles. The highest BCUT2D eigenvalue weighted by molar-refractivity contribution is 6.13. The van der Waals surface area contributed by atoms with Gasteiger partial charge in [0.25, 0.3) is 0 Å². The van der Waals surface area contributed by atoms with Gasteiger partial charge in [0.05, 0.1) is 33.4 Å². The second-order valence-corrected chi connectivity index (χ2v) is 20.6. The molecular formula is C63H49N3. The monoisotopic (exact) mass is 847 g/mol. The minimum absolute atomic E-state index is 0.151. The van der Waals surface area contributed by atoms with Gasteiger partial charge in [-0.1, -0.05) is 168 Å². The van der Waals surface area contributed by atoms with Gasteiger partial charge >= 0.3 is 0 Å². The van der Waals surface area contributed by atoms with E-state index in [4.69, 9.17) is 0 Å². The summed E-state index contributed by atoms with van der Waals surface area (Å²) in [5, 5.41) is 5.03. The molecule has 3 aliphatic rings. The first-order valence-corrected chi connectivity index (χ1v) is 23.5. The van der Waals surface area contributed by atoms with Crippen LogP contribution in [0.1, 0.15) is 74.9 Å². The lowest BCUT2D eigenvalue weighted by molar-refractivity contribution is 0.588. The average Bonchev–Trinajstić information content (AvgIpc) is 4.01. The van der Waals surface area contributed by atoms with Gasteiger partial charge in [0, 0.05) is 49.4 Å². The Bertz CT molecular complexity index is 3850. The lowest BCUT2D eigenvalue weighted by Crippen LogP contribution is -2.35. The first kappa shape index (κ1) is 37.7. The van der Waals surface area contributed by atoms with E-state index in [0.717, 1.165) is 17.1 Å². The predicted molar refractivity (Wildman–Crippen MR) is 277 cm³/mol. The molecule has 3 heterocycles. The van der Waals surface area contributed by atoms with Crippen molar-refractivity contribution in [2.24, 2.45) is 0 Å². The summed E-state index contributed by atoms with van der Waals surface area (Å²) >= 11 is 0. The normalized spacial score (nSPS) is 16.5. The fraction of sp³-hybridized carbons (Fsp3) is 0.143. The van der Waals surface area contributed by atoms with E-state index in [9.17, 15) is 0 Å². The lowest BCUT2D eigenvalue weighted by atomic mass is 9.66. The third-order valence-electron chi connectivity index (χ3n) is 15.7. The molecule has 2 aliphatic carbocycles. The Morgan fingerprint density at radius 1 is 0.394 bits per heavy atom. The number of rotatable bonds is 3. The van der Waals surface area contributed by atoms with E-state index in [0.29, 0.717) is 0 Å². The summed E-state index contributed by atoms with van der Waals surface area (Å²) in [6.45, 7) is 14.8. The summed E-state index contributed by atoms with van der Waals surface area (Å²) in [5.74, 6) is 0. The number of hydrogen-bond donors (Lipinski definition) is 0. The van der Waals surface area contributed by atoms with Gasteiger partial charge in [0.2, 0.25) is 0 Å². The van der Waals surface area contributed by atoms with Gasteiger partial charge in [0.1, 0.15) is 0 Å². The Balaban J connectivity index is 1.18. The maximum absolute atomic E-state index is 2.70. The maximum atomic E-state index is 2.70. The van der Waals surface area contributed by atoms with Crippen molar-refractivity contribution in [2.75, 3.05) is 4.90 Å². The number of aromatic nitrogens is 2. The van der Waals surface area contributed by atoms with E-state index in [-0.39, 0.29) is 10.8 Å². The van der Waals surface area contributed by atoms with Crippen LogP contribution in [0.3, 0.4) is 0 Å². The average molecular weight is 848 g/mol. The Morgan fingerprint density at radius 2 is 0.894 bits per heavy atom. The van der Waals surface area contributed by atoms with Crippen LogP contribution in [0.4, 0.5) is 17.1 Å². The van der Waals surface area contributed by atoms with Gasteiger partial charge in [-0.15, -0.1) is 0 Å². The van der Waals surface area contributed by atoms with E-state index in [2.05, 4.69) is 244 Å². The first-order valence-electron chi connectivity index (χ1n) is 23.5. The largest absolute Gasteiger partial charge is 0.309 e. The lowest BCUT2D eigenvalue weighted by Gasteiger charge is -2.46. The third-order valence-corrected chi connectivity index (χ3v) is 15.7. The van der Waals surface area contributed by atoms with Gasteiger partial charge < -0.3 is 14.0 Å². The number of anilines is 3. The van der Waals surface area contributed by atoms with Crippen molar-refractivity contribution < 1.29 is 0 Å².